The number of nitro benzene ring substituents is 1. The van der Waals surface area contributed by atoms with E-state index in [1.807, 2.05) is 6.92 Å². The Morgan fingerprint density at radius 3 is 2.48 bits per heavy atom. The molecule has 1 atom stereocenters. The zero-order valence-corrected chi connectivity index (χ0v) is 16.2. The van der Waals surface area contributed by atoms with Crippen LogP contribution in [-0.4, -0.2) is 22.6 Å². The van der Waals surface area contributed by atoms with Crippen molar-refractivity contribution < 1.29 is 19.3 Å². The Balaban J connectivity index is 1.84. The van der Waals surface area contributed by atoms with E-state index in [9.17, 15) is 24.5 Å². The van der Waals surface area contributed by atoms with E-state index in [1.54, 1.807) is 43.3 Å². The minimum atomic E-state index is -0.786. The van der Waals surface area contributed by atoms with Gasteiger partial charge < -0.3 is 5.32 Å². The molecule has 1 saturated heterocycles. The average molecular weight is 395 g/mol. The van der Waals surface area contributed by atoms with Crippen LogP contribution in [0.4, 0.5) is 11.4 Å². The van der Waals surface area contributed by atoms with Crippen LogP contribution in [0.1, 0.15) is 47.7 Å². The molecule has 1 unspecified atom stereocenters. The third-order valence-electron chi connectivity index (χ3n) is 5.43. The first-order valence-electron chi connectivity index (χ1n) is 9.28. The molecule has 3 rings (SSSR count). The third-order valence-corrected chi connectivity index (χ3v) is 5.43. The lowest BCUT2D eigenvalue weighted by atomic mass is 9.72. The second-order valence-corrected chi connectivity index (χ2v) is 7.07. The molecule has 1 heterocycles. The van der Waals surface area contributed by atoms with Crippen molar-refractivity contribution in [3.63, 3.8) is 0 Å². The van der Waals surface area contributed by atoms with Crippen LogP contribution in [0.25, 0.3) is 0 Å². The van der Waals surface area contributed by atoms with Gasteiger partial charge in [0, 0.05) is 17.7 Å². The number of aryl methyl sites for hydroxylation is 1. The van der Waals surface area contributed by atoms with Crippen molar-refractivity contribution in [2.45, 2.75) is 38.5 Å². The molecule has 1 fully saturated rings. The molecule has 0 saturated carbocycles. The van der Waals surface area contributed by atoms with Gasteiger partial charge in [-0.15, -0.1) is 0 Å². The zero-order chi connectivity index (χ0) is 21.2. The fraction of sp³-hybridized carbons (Fsp3) is 0.286. The molecule has 0 bridgehead atoms. The highest BCUT2D eigenvalue weighted by molar-refractivity contribution is 6.07. The van der Waals surface area contributed by atoms with Crippen molar-refractivity contribution in [3.8, 4) is 0 Å². The van der Waals surface area contributed by atoms with Crippen LogP contribution in [0.15, 0.2) is 42.5 Å². The second kappa shape index (κ2) is 7.83. The van der Waals surface area contributed by atoms with Crippen LogP contribution in [0.2, 0.25) is 0 Å². The molecule has 150 valence electrons. The van der Waals surface area contributed by atoms with Gasteiger partial charge in [0.05, 0.1) is 10.3 Å². The van der Waals surface area contributed by atoms with Crippen molar-refractivity contribution >= 4 is 29.1 Å². The SMILES string of the molecule is CCC1(c2ccc(NC(=O)c3cccc(C)c3[N+](=O)[O-])cc2)CCC(=O)NC1=O. The maximum absolute atomic E-state index is 12.6. The van der Waals surface area contributed by atoms with Crippen molar-refractivity contribution in [3.05, 3.63) is 69.3 Å². The molecular formula is C21H21N3O5. The molecule has 2 N–H and O–H groups in total. The highest BCUT2D eigenvalue weighted by Crippen LogP contribution is 2.36. The molecule has 0 spiro atoms. The summed E-state index contributed by atoms with van der Waals surface area (Å²) in [5.41, 5.74) is 0.578. The van der Waals surface area contributed by atoms with Crippen LogP contribution in [0.3, 0.4) is 0 Å². The molecule has 0 radical (unpaired) electrons. The van der Waals surface area contributed by atoms with Crippen LogP contribution in [0, 0.1) is 17.0 Å². The minimum absolute atomic E-state index is 0.0192. The van der Waals surface area contributed by atoms with Crippen LogP contribution < -0.4 is 10.6 Å². The van der Waals surface area contributed by atoms with E-state index in [2.05, 4.69) is 10.6 Å². The molecule has 0 aromatic heterocycles. The zero-order valence-electron chi connectivity index (χ0n) is 16.2. The number of para-hydroxylation sites is 1. The highest BCUT2D eigenvalue weighted by atomic mass is 16.6. The van der Waals surface area contributed by atoms with Gasteiger partial charge in [-0.2, -0.15) is 0 Å². The van der Waals surface area contributed by atoms with Crippen molar-refractivity contribution in [1.82, 2.24) is 5.32 Å². The van der Waals surface area contributed by atoms with E-state index < -0.39 is 16.2 Å². The number of nitrogens with one attached hydrogen (secondary N) is 2. The van der Waals surface area contributed by atoms with E-state index >= 15 is 0 Å². The summed E-state index contributed by atoms with van der Waals surface area (Å²) in [6.45, 7) is 3.47. The van der Waals surface area contributed by atoms with E-state index in [4.69, 9.17) is 0 Å². The van der Waals surface area contributed by atoms with Crippen LogP contribution in [-0.2, 0) is 15.0 Å². The second-order valence-electron chi connectivity index (χ2n) is 7.07. The molecule has 29 heavy (non-hydrogen) atoms. The number of nitro groups is 1. The summed E-state index contributed by atoms with van der Waals surface area (Å²) < 4.78 is 0. The summed E-state index contributed by atoms with van der Waals surface area (Å²) >= 11 is 0. The average Bonchev–Trinajstić information content (AvgIpc) is 2.69. The van der Waals surface area contributed by atoms with E-state index in [0.717, 1.165) is 5.56 Å². The topological polar surface area (TPSA) is 118 Å². The number of rotatable bonds is 5. The quantitative estimate of drug-likeness (QED) is 0.458. The van der Waals surface area contributed by atoms with Crippen LogP contribution in [0.5, 0.6) is 0 Å². The number of piperidine rings is 1. The fourth-order valence-corrected chi connectivity index (χ4v) is 3.72. The first-order chi connectivity index (χ1) is 13.8. The third kappa shape index (κ3) is 3.73. The van der Waals surface area contributed by atoms with E-state index in [1.165, 1.54) is 6.07 Å². The summed E-state index contributed by atoms with van der Waals surface area (Å²) in [5.74, 6) is -1.18. The van der Waals surface area contributed by atoms with Gasteiger partial charge in [-0.3, -0.25) is 29.8 Å². The smallest absolute Gasteiger partial charge is 0.285 e. The summed E-state index contributed by atoms with van der Waals surface area (Å²) in [5, 5.41) is 16.4. The summed E-state index contributed by atoms with van der Waals surface area (Å²) in [6, 6.07) is 11.3. The van der Waals surface area contributed by atoms with Crippen molar-refractivity contribution in [2.75, 3.05) is 5.32 Å². The number of benzene rings is 2. The minimum Gasteiger partial charge on any atom is -0.322 e. The maximum atomic E-state index is 12.6. The molecule has 8 nitrogen and oxygen atoms in total. The van der Waals surface area contributed by atoms with Crippen molar-refractivity contribution in [1.29, 1.82) is 0 Å². The predicted octanol–water partition coefficient (Wildman–Crippen LogP) is 3.24. The normalized spacial score (nSPS) is 18.8. The van der Waals surface area contributed by atoms with Crippen LogP contribution >= 0.6 is 0 Å². The largest absolute Gasteiger partial charge is 0.322 e. The number of imide groups is 1. The Hall–Kier alpha value is -3.55. The number of amides is 3. The molecule has 0 aliphatic carbocycles. The van der Waals surface area contributed by atoms with E-state index in [-0.39, 0.29) is 29.5 Å². The van der Waals surface area contributed by atoms with Gasteiger partial charge in [-0.25, -0.2) is 0 Å². The lowest BCUT2D eigenvalue weighted by molar-refractivity contribution is -0.385. The molecule has 1 aliphatic heterocycles. The Bertz CT molecular complexity index is 1000. The van der Waals surface area contributed by atoms with Gasteiger partial charge >= 0.3 is 0 Å². The number of hydrogen-bond acceptors (Lipinski definition) is 5. The molecule has 2 aromatic carbocycles. The Kier molecular flexibility index (Phi) is 5.45. The monoisotopic (exact) mass is 395 g/mol. The number of anilines is 1. The van der Waals surface area contributed by atoms with Gasteiger partial charge in [-0.05, 0) is 43.5 Å². The Morgan fingerprint density at radius 1 is 1.21 bits per heavy atom. The van der Waals surface area contributed by atoms with E-state index in [0.29, 0.717) is 24.1 Å². The lowest BCUT2D eigenvalue weighted by Gasteiger charge is -2.35. The van der Waals surface area contributed by atoms with Gasteiger partial charge in [-0.1, -0.05) is 31.2 Å². The Morgan fingerprint density at radius 2 is 1.90 bits per heavy atom. The lowest BCUT2D eigenvalue weighted by Crippen LogP contribution is -2.51. The van der Waals surface area contributed by atoms with Gasteiger partial charge in [0.15, 0.2) is 0 Å². The first-order valence-corrected chi connectivity index (χ1v) is 9.28. The molecule has 3 amide bonds. The molecular weight excluding hydrogens is 374 g/mol. The number of carbonyl (C=O) groups excluding carboxylic acids is 3. The van der Waals surface area contributed by atoms with Gasteiger partial charge in [0.1, 0.15) is 5.56 Å². The summed E-state index contributed by atoms with van der Waals surface area (Å²) in [6.07, 6.45) is 1.23. The standard InChI is InChI=1S/C21H21N3O5/c1-3-21(12-11-17(25)23-20(21)27)14-7-9-15(10-8-14)22-19(26)16-6-4-5-13(2)18(16)24(28)29/h4-10H,3,11-12H2,1-2H3,(H,22,26)(H,23,25,27). The molecule has 8 heteroatoms. The number of carbonyl (C=O) groups is 3. The van der Waals surface area contributed by atoms with Gasteiger partial charge in [0.2, 0.25) is 11.8 Å². The Labute approximate surface area is 167 Å². The van der Waals surface area contributed by atoms with Gasteiger partial charge in [0.25, 0.3) is 11.6 Å². The predicted molar refractivity (Wildman–Crippen MR) is 107 cm³/mol. The molecule has 2 aromatic rings. The maximum Gasteiger partial charge on any atom is 0.285 e. The molecule has 1 aliphatic rings. The number of hydrogen-bond donors (Lipinski definition) is 2. The summed E-state index contributed by atoms with van der Waals surface area (Å²) in [7, 11) is 0. The fourth-order valence-electron chi connectivity index (χ4n) is 3.72. The summed E-state index contributed by atoms with van der Waals surface area (Å²) in [4.78, 5) is 47.3. The highest BCUT2D eigenvalue weighted by Gasteiger charge is 2.42. The van der Waals surface area contributed by atoms with Crippen molar-refractivity contribution in [2.24, 2.45) is 0 Å². The first kappa shape index (κ1) is 20.2. The number of nitrogens with zero attached hydrogens (tertiary/aromatic N) is 1.